The zero-order valence-corrected chi connectivity index (χ0v) is 16.8. The van der Waals surface area contributed by atoms with Crippen LogP contribution in [0.2, 0.25) is 0 Å². The van der Waals surface area contributed by atoms with Crippen LogP contribution < -0.4 is 5.32 Å². The zero-order chi connectivity index (χ0) is 20.2. The second kappa shape index (κ2) is 8.34. The van der Waals surface area contributed by atoms with E-state index in [1.54, 1.807) is 0 Å². The number of unbranched alkanes of at least 4 members (excludes halogenated alkanes) is 2. The van der Waals surface area contributed by atoms with Crippen LogP contribution in [0.3, 0.4) is 0 Å². The van der Waals surface area contributed by atoms with E-state index in [1.807, 2.05) is 50.6 Å². The number of hydrogen-bond donors (Lipinski definition) is 1. The number of rotatable bonds is 7. The molecule has 2 rings (SSSR count). The van der Waals surface area contributed by atoms with Gasteiger partial charge in [-0.3, -0.25) is 14.3 Å². The molecule has 0 aliphatic heterocycles. The van der Waals surface area contributed by atoms with E-state index in [2.05, 4.69) is 16.5 Å². The number of amides is 1. The van der Waals surface area contributed by atoms with Crippen LogP contribution in [0.15, 0.2) is 18.2 Å². The summed E-state index contributed by atoms with van der Waals surface area (Å²) in [4.78, 5) is 24.9. The second-order valence-corrected chi connectivity index (χ2v) is 8.09. The largest absolute Gasteiger partial charge is 0.340 e. The molecule has 0 aliphatic carbocycles. The summed E-state index contributed by atoms with van der Waals surface area (Å²) in [6.07, 6.45) is 2.12. The van der Waals surface area contributed by atoms with Crippen molar-refractivity contribution in [1.82, 2.24) is 15.1 Å². The number of Topliss-reactive ketones (excluding diaryl/α,β-unsaturated/α-hetero) is 1. The molecule has 6 nitrogen and oxygen atoms in total. The van der Waals surface area contributed by atoms with Crippen LogP contribution in [0.4, 0.5) is 0 Å². The maximum atomic E-state index is 12.9. The van der Waals surface area contributed by atoms with Crippen molar-refractivity contribution in [3.05, 3.63) is 29.5 Å². The van der Waals surface area contributed by atoms with Crippen LogP contribution in [-0.2, 0) is 11.3 Å². The number of hydrogen-bond acceptors (Lipinski definition) is 4. The van der Waals surface area contributed by atoms with Gasteiger partial charge in [0, 0.05) is 18.4 Å². The first-order chi connectivity index (χ1) is 12.6. The van der Waals surface area contributed by atoms with Crippen molar-refractivity contribution >= 4 is 22.6 Å². The van der Waals surface area contributed by atoms with Gasteiger partial charge < -0.3 is 5.32 Å². The molecule has 1 aromatic heterocycles. The molecule has 1 aromatic carbocycles. The Morgan fingerprint density at radius 1 is 1.30 bits per heavy atom. The maximum absolute atomic E-state index is 12.9. The molecular weight excluding hydrogens is 340 g/mol. The summed E-state index contributed by atoms with van der Waals surface area (Å²) in [6.45, 7) is 9.91. The Bertz CT molecular complexity index is 884. The van der Waals surface area contributed by atoms with E-state index < -0.39 is 6.04 Å². The van der Waals surface area contributed by atoms with Gasteiger partial charge in [-0.05, 0) is 43.7 Å². The molecule has 2 aromatic rings. The summed E-state index contributed by atoms with van der Waals surface area (Å²) >= 11 is 0. The summed E-state index contributed by atoms with van der Waals surface area (Å²) in [5.41, 5.74) is 1.94. The van der Waals surface area contributed by atoms with Gasteiger partial charge in [0.05, 0.1) is 17.6 Å². The standard InChI is InChI=1S/C21H28N4O2/c1-14-9-10-16-17(13-14)25(12-8-6-7-11-22)24-18(16)20(27)23-19(15(2)26)21(3,4)5/h9-10,13,19H,6-8,12H2,1-5H3,(H,23,27). The van der Waals surface area contributed by atoms with Crippen molar-refractivity contribution < 1.29 is 9.59 Å². The molecule has 0 saturated carbocycles. The lowest BCUT2D eigenvalue weighted by Crippen LogP contribution is -2.48. The Labute approximate surface area is 160 Å². The topological polar surface area (TPSA) is 87.8 Å². The molecule has 0 spiro atoms. The van der Waals surface area contributed by atoms with E-state index in [4.69, 9.17) is 5.26 Å². The zero-order valence-electron chi connectivity index (χ0n) is 16.8. The molecule has 27 heavy (non-hydrogen) atoms. The van der Waals surface area contributed by atoms with Crippen LogP contribution in [0.1, 0.15) is 63.0 Å². The normalized spacial score (nSPS) is 12.6. The van der Waals surface area contributed by atoms with Crippen molar-refractivity contribution in [2.24, 2.45) is 5.41 Å². The molecule has 1 unspecified atom stereocenters. The van der Waals surface area contributed by atoms with Gasteiger partial charge in [-0.1, -0.05) is 32.9 Å². The minimum Gasteiger partial charge on any atom is -0.340 e. The predicted octanol–water partition coefficient (Wildman–Crippen LogP) is 3.77. The number of ketones is 1. The van der Waals surface area contributed by atoms with Crippen LogP contribution in [-0.4, -0.2) is 27.5 Å². The SMILES string of the molecule is CC(=O)C(NC(=O)c1nn(CCCCC#N)c2cc(C)ccc12)C(C)(C)C. The minimum atomic E-state index is -0.578. The monoisotopic (exact) mass is 368 g/mol. The number of carbonyl (C=O) groups is 2. The fraction of sp³-hybridized carbons (Fsp3) is 0.524. The van der Waals surface area contributed by atoms with Gasteiger partial charge in [-0.15, -0.1) is 0 Å². The van der Waals surface area contributed by atoms with Crippen molar-refractivity contribution in [1.29, 1.82) is 5.26 Å². The number of nitriles is 1. The number of benzene rings is 1. The molecule has 144 valence electrons. The summed E-state index contributed by atoms with van der Waals surface area (Å²) in [5.74, 6) is -0.415. The van der Waals surface area contributed by atoms with Gasteiger partial charge in [0.15, 0.2) is 11.5 Å². The van der Waals surface area contributed by atoms with E-state index in [1.165, 1.54) is 6.92 Å². The first-order valence-electron chi connectivity index (χ1n) is 9.30. The highest BCUT2D eigenvalue weighted by Gasteiger charge is 2.31. The Kier molecular flexibility index (Phi) is 6.37. The minimum absolute atomic E-state index is 0.0769. The van der Waals surface area contributed by atoms with Crippen LogP contribution >= 0.6 is 0 Å². The van der Waals surface area contributed by atoms with E-state index in [0.29, 0.717) is 18.7 Å². The van der Waals surface area contributed by atoms with Crippen molar-refractivity contribution in [3.8, 4) is 6.07 Å². The van der Waals surface area contributed by atoms with E-state index in [-0.39, 0.29) is 17.1 Å². The first kappa shape index (κ1) is 20.6. The molecule has 6 heteroatoms. The highest BCUT2D eigenvalue weighted by molar-refractivity contribution is 6.06. The Morgan fingerprint density at radius 2 is 2.00 bits per heavy atom. The highest BCUT2D eigenvalue weighted by atomic mass is 16.2. The van der Waals surface area contributed by atoms with Crippen LogP contribution in [0, 0.1) is 23.7 Å². The number of aryl methyl sites for hydroxylation is 2. The van der Waals surface area contributed by atoms with Crippen LogP contribution in [0.5, 0.6) is 0 Å². The molecule has 1 heterocycles. The molecular formula is C21H28N4O2. The van der Waals surface area contributed by atoms with E-state index >= 15 is 0 Å². The van der Waals surface area contributed by atoms with Gasteiger partial charge in [-0.25, -0.2) is 0 Å². The summed E-state index contributed by atoms with van der Waals surface area (Å²) in [5, 5.41) is 16.9. The molecule has 0 radical (unpaired) electrons. The maximum Gasteiger partial charge on any atom is 0.273 e. The molecule has 1 N–H and O–H groups in total. The molecule has 0 fully saturated rings. The Morgan fingerprint density at radius 3 is 2.59 bits per heavy atom. The van der Waals surface area contributed by atoms with Gasteiger partial charge >= 0.3 is 0 Å². The van der Waals surface area contributed by atoms with E-state index in [0.717, 1.165) is 29.3 Å². The average molecular weight is 368 g/mol. The molecule has 0 bridgehead atoms. The van der Waals surface area contributed by atoms with Crippen molar-refractivity contribution in [2.45, 2.75) is 66.5 Å². The smallest absolute Gasteiger partial charge is 0.273 e. The Balaban J connectivity index is 2.35. The molecule has 0 saturated heterocycles. The number of fused-ring (bicyclic) bond motifs is 1. The lowest BCUT2D eigenvalue weighted by atomic mass is 9.84. The summed E-state index contributed by atoms with van der Waals surface area (Å²) < 4.78 is 1.83. The lowest BCUT2D eigenvalue weighted by molar-refractivity contribution is -0.121. The highest BCUT2D eigenvalue weighted by Crippen LogP contribution is 2.23. The third kappa shape index (κ3) is 4.94. The lowest BCUT2D eigenvalue weighted by Gasteiger charge is -2.29. The molecule has 0 aliphatic rings. The Hall–Kier alpha value is -2.68. The predicted molar refractivity (Wildman–Crippen MR) is 105 cm³/mol. The fourth-order valence-electron chi connectivity index (χ4n) is 3.22. The quantitative estimate of drug-likeness (QED) is 0.754. The third-order valence-electron chi connectivity index (χ3n) is 4.58. The number of nitrogens with one attached hydrogen (secondary N) is 1. The van der Waals surface area contributed by atoms with Crippen molar-refractivity contribution in [3.63, 3.8) is 0 Å². The van der Waals surface area contributed by atoms with Gasteiger partial charge in [-0.2, -0.15) is 10.4 Å². The van der Waals surface area contributed by atoms with Gasteiger partial charge in [0.1, 0.15) is 0 Å². The third-order valence-corrected chi connectivity index (χ3v) is 4.58. The van der Waals surface area contributed by atoms with E-state index in [9.17, 15) is 9.59 Å². The number of carbonyl (C=O) groups excluding carboxylic acids is 2. The first-order valence-corrected chi connectivity index (χ1v) is 9.30. The average Bonchev–Trinajstić information content (AvgIpc) is 2.93. The number of nitrogens with zero attached hydrogens (tertiary/aromatic N) is 3. The number of aromatic nitrogens is 2. The van der Waals surface area contributed by atoms with Gasteiger partial charge in [0.25, 0.3) is 5.91 Å². The van der Waals surface area contributed by atoms with Gasteiger partial charge in [0.2, 0.25) is 0 Å². The van der Waals surface area contributed by atoms with Crippen LogP contribution in [0.25, 0.3) is 10.9 Å². The molecule has 1 atom stereocenters. The fourth-order valence-corrected chi connectivity index (χ4v) is 3.22. The molecule has 1 amide bonds. The summed E-state index contributed by atoms with van der Waals surface area (Å²) in [7, 11) is 0. The summed E-state index contributed by atoms with van der Waals surface area (Å²) in [6, 6.07) is 7.43. The van der Waals surface area contributed by atoms with Crippen molar-refractivity contribution in [2.75, 3.05) is 0 Å². The second-order valence-electron chi connectivity index (χ2n) is 8.09.